The molecule has 0 radical (unpaired) electrons. The van der Waals surface area contributed by atoms with Gasteiger partial charge in [0.05, 0.1) is 11.0 Å². The third-order valence-electron chi connectivity index (χ3n) is 4.25. The van der Waals surface area contributed by atoms with Gasteiger partial charge in [-0.05, 0) is 44.7 Å². The Balaban J connectivity index is 1.57. The molecule has 2 aliphatic rings. The molecule has 2 fully saturated rings. The van der Waals surface area contributed by atoms with Crippen LogP contribution in [0.2, 0.25) is 0 Å². The Bertz CT molecular complexity index is 641. The fourth-order valence-corrected chi connectivity index (χ4v) is 3.83. The number of carbonyl (C=O) groups excluding carboxylic acids is 1. The standard InChI is InChI=1S/C16H21NO4S/c1-12-2-6-15(7-3-12)22(19,20)21-14-8-10-17(11-9-14)16(18)13-4-5-13/h2-3,6-7,13-14H,4-5,8-11H2,1H3. The van der Waals surface area contributed by atoms with E-state index < -0.39 is 10.1 Å². The number of nitrogens with zero attached hydrogens (tertiary/aromatic N) is 1. The number of rotatable bonds is 4. The molecular formula is C16H21NO4S. The fourth-order valence-electron chi connectivity index (χ4n) is 2.70. The Morgan fingerprint density at radius 3 is 2.23 bits per heavy atom. The first kappa shape index (κ1) is 15.5. The third-order valence-corrected chi connectivity index (χ3v) is 5.63. The van der Waals surface area contributed by atoms with E-state index in [-0.39, 0.29) is 22.8 Å². The van der Waals surface area contributed by atoms with E-state index in [1.54, 1.807) is 24.3 Å². The SMILES string of the molecule is Cc1ccc(S(=O)(=O)OC2CCN(C(=O)C3CC3)CC2)cc1. The zero-order chi connectivity index (χ0) is 15.7. The molecule has 0 unspecified atom stereocenters. The lowest BCUT2D eigenvalue weighted by Crippen LogP contribution is -2.42. The molecule has 3 rings (SSSR count). The van der Waals surface area contributed by atoms with Crippen LogP contribution in [-0.4, -0.2) is 38.4 Å². The van der Waals surface area contributed by atoms with Crippen molar-refractivity contribution in [1.29, 1.82) is 0 Å². The zero-order valence-electron chi connectivity index (χ0n) is 12.7. The van der Waals surface area contributed by atoms with Gasteiger partial charge in [0.25, 0.3) is 10.1 Å². The van der Waals surface area contributed by atoms with E-state index in [0.717, 1.165) is 18.4 Å². The smallest absolute Gasteiger partial charge is 0.297 e. The van der Waals surface area contributed by atoms with Crippen LogP contribution < -0.4 is 0 Å². The van der Waals surface area contributed by atoms with Crippen molar-refractivity contribution in [3.8, 4) is 0 Å². The molecule has 1 saturated carbocycles. The third kappa shape index (κ3) is 3.50. The number of hydrogen-bond donors (Lipinski definition) is 0. The topological polar surface area (TPSA) is 63.7 Å². The monoisotopic (exact) mass is 323 g/mol. The molecule has 0 aromatic heterocycles. The van der Waals surface area contributed by atoms with Gasteiger partial charge in [-0.2, -0.15) is 8.42 Å². The molecule has 0 N–H and O–H groups in total. The van der Waals surface area contributed by atoms with Crippen LogP contribution in [0.15, 0.2) is 29.2 Å². The highest BCUT2D eigenvalue weighted by Crippen LogP contribution is 2.32. The van der Waals surface area contributed by atoms with Crippen LogP contribution >= 0.6 is 0 Å². The van der Waals surface area contributed by atoms with E-state index in [4.69, 9.17) is 4.18 Å². The molecule has 0 spiro atoms. The Kier molecular flexibility index (Phi) is 4.23. The first-order valence-corrected chi connectivity index (χ1v) is 9.15. The summed E-state index contributed by atoms with van der Waals surface area (Å²) in [6.45, 7) is 3.08. The minimum Gasteiger partial charge on any atom is -0.342 e. The molecule has 22 heavy (non-hydrogen) atoms. The van der Waals surface area contributed by atoms with Gasteiger partial charge in [0.2, 0.25) is 5.91 Å². The fraction of sp³-hybridized carbons (Fsp3) is 0.562. The van der Waals surface area contributed by atoms with Crippen LogP contribution in [0.25, 0.3) is 0 Å². The molecule has 6 heteroatoms. The maximum Gasteiger partial charge on any atom is 0.297 e. The normalized spacial score (nSPS) is 20.1. The van der Waals surface area contributed by atoms with Crippen LogP contribution in [0, 0.1) is 12.8 Å². The van der Waals surface area contributed by atoms with Gasteiger partial charge in [-0.3, -0.25) is 8.98 Å². The quantitative estimate of drug-likeness (QED) is 0.796. The number of likely N-dealkylation sites (tertiary alicyclic amines) is 1. The van der Waals surface area contributed by atoms with Crippen LogP contribution in [0.3, 0.4) is 0 Å². The summed E-state index contributed by atoms with van der Waals surface area (Å²) >= 11 is 0. The van der Waals surface area contributed by atoms with Crippen molar-refractivity contribution in [3.05, 3.63) is 29.8 Å². The number of carbonyl (C=O) groups is 1. The van der Waals surface area contributed by atoms with Crippen molar-refractivity contribution in [2.45, 2.75) is 43.6 Å². The number of aryl methyl sites for hydroxylation is 1. The molecule has 120 valence electrons. The lowest BCUT2D eigenvalue weighted by molar-refractivity contribution is -0.134. The summed E-state index contributed by atoms with van der Waals surface area (Å²) in [6.07, 6.45) is 2.80. The van der Waals surface area contributed by atoms with Gasteiger partial charge in [-0.25, -0.2) is 0 Å². The van der Waals surface area contributed by atoms with Crippen molar-refractivity contribution in [1.82, 2.24) is 4.90 Å². The van der Waals surface area contributed by atoms with Gasteiger partial charge < -0.3 is 4.90 Å². The molecule has 5 nitrogen and oxygen atoms in total. The van der Waals surface area contributed by atoms with Gasteiger partial charge in [0.1, 0.15) is 0 Å². The Morgan fingerprint density at radius 2 is 1.68 bits per heavy atom. The van der Waals surface area contributed by atoms with Crippen LogP contribution in [-0.2, 0) is 19.1 Å². The van der Waals surface area contributed by atoms with Crippen molar-refractivity contribution in [2.75, 3.05) is 13.1 Å². The van der Waals surface area contributed by atoms with E-state index in [9.17, 15) is 13.2 Å². The lowest BCUT2D eigenvalue weighted by Gasteiger charge is -2.31. The summed E-state index contributed by atoms with van der Waals surface area (Å²) in [4.78, 5) is 14.0. The second-order valence-electron chi connectivity index (χ2n) is 6.16. The highest BCUT2D eigenvalue weighted by atomic mass is 32.2. The van der Waals surface area contributed by atoms with Gasteiger partial charge in [0, 0.05) is 19.0 Å². The van der Waals surface area contributed by atoms with Gasteiger partial charge in [-0.1, -0.05) is 17.7 Å². The van der Waals surface area contributed by atoms with Crippen molar-refractivity contribution in [3.63, 3.8) is 0 Å². The largest absolute Gasteiger partial charge is 0.342 e. The van der Waals surface area contributed by atoms with Crippen LogP contribution in [0.4, 0.5) is 0 Å². The van der Waals surface area contributed by atoms with Gasteiger partial charge in [-0.15, -0.1) is 0 Å². The minimum atomic E-state index is -3.72. The maximum absolute atomic E-state index is 12.2. The summed E-state index contributed by atoms with van der Waals surface area (Å²) in [6, 6.07) is 6.65. The number of benzene rings is 1. The Morgan fingerprint density at radius 1 is 1.09 bits per heavy atom. The van der Waals surface area contributed by atoms with E-state index in [1.165, 1.54) is 0 Å². The summed E-state index contributed by atoms with van der Waals surface area (Å²) in [5, 5.41) is 0. The second kappa shape index (κ2) is 6.01. The Labute approximate surface area is 131 Å². The molecule has 1 aliphatic heterocycles. The predicted octanol–water partition coefficient (Wildman–Crippen LogP) is 2.10. The van der Waals surface area contributed by atoms with E-state index in [2.05, 4.69) is 0 Å². The van der Waals surface area contributed by atoms with Crippen LogP contribution in [0.5, 0.6) is 0 Å². The van der Waals surface area contributed by atoms with E-state index >= 15 is 0 Å². The molecule has 0 atom stereocenters. The maximum atomic E-state index is 12.2. The summed E-state index contributed by atoms with van der Waals surface area (Å²) < 4.78 is 29.8. The summed E-state index contributed by atoms with van der Waals surface area (Å²) in [7, 11) is -3.72. The lowest BCUT2D eigenvalue weighted by atomic mass is 10.1. The summed E-state index contributed by atoms with van der Waals surface area (Å²) in [5.74, 6) is 0.439. The molecule has 1 heterocycles. The van der Waals surface area contributed by atoms with Crippen molar-refractivity contribution >= 4 is 16.0 Å². The minimum absolute atomic E-state index is 0.189. The first-order chi connectivity index (χ1) is 10.5. The highest BCUT2D eigenvalue weighted by molar-refractivity contribution is 7.86. The average molecular weight is 323 g/mol. The molecular weight excluding hydrogens is 302 g/mol. The Hall–Kier alpha value is -1.40. The van der Waals surface area contributed by atoms with E-state index in [1.807, 2.05) is 11.8 Å². The van der Waals surface area contributed by atoms with E-state index in [0.29, 0.717) is 25.9 Å². The van der Waals surface area contributed by atoms with Gasteiger partial charge in [0.15, 0.2) is 0 Å². The molecule has 1 aromatic rings. The predicted molar refractivity (Wildman–Crippen MR) is 81.8 cm³/mol. The molecule has 1 amide bonds. The van der Waals surface area contributed by atoms with Gasteiger partial charge >= 0.3 is 0 Å². The van der Waals surface area contributed by atoms with Crippen molar-refractivity contribution < 1.29 is 17.4 Å². The highest BCUT2D eigenvalue weighted by Gasteiger charge is 2.35. The second-order valence-corrected chi connectivity index (χ2v) is 7.73. The average Bonchev–Trinajstić information content (AvgIpc) is 3.32. The summed E-state index contributed by atoms with van der Waals surface area (Å²) in [5.41, 5.74) is 1.01. The number of piperidine rings is 1. The molecule has 1 aromatic carbocycles. The molecule has 0 bridgehead atoms. The first-order valence-electron chi connectivity index (χ1n) is 7.74. The molecule has 1 aliphatic carbocycles. The van der Waals surface area contributed by atoms with Crippen LogP contribution in [0.1, 0.15) is 31.2 Å². The molecule has 1 saturated heterocycles. The van der Waals surface area contributed by atoms with Crippen molar-refractivity contribution in [2.24, 2.45) is 5.92 Å². The number of hydrogen-bond acceptors (Lipinski definition) is 4. The number of amides is 1. The zero-order valence-corrected chi connectivity index (χ0v) is 13.5.